The summed E-state index contributed by atoms with van der Waals surface area (Å²) in [5, 5.41) is 6.57. The number of nitrogens with one attached hydrogen (secondary N) is 2. The Bertz CT molecular complexity index is 447. The van der Waals surface area contributed by atoms with Gasteiger partial charge < -0.3 is 20.1 Å². The summed E-state index contributed by atoms with van der Waals surface area (Å²) in [6.45, 7) is 6.54. The Morgan fingerprint density at radius 1 is 1.14 bits per heavy atom. The highest BCUT2D eigenvalue weighted by Crippen LogP contribution is 2.30. The molecule has 0 atom stereocenters. The Morgan fingerprint density at radius 3 is 2.57 bits per heavy atom. The normalized spacial score (nSPS) is 11.1. The minimum atomic E-state index is 0.543. The first kappa shape index (κ1) is 17.1. The van der Waals surface area contributed by atoms with Crippen molar-refractivity contribution in [3.05, 3.63) is 23.8 Å². The zero-order valence-electron chi connectivity index (χ0n) is 13.5. The van der Waals surface area contributed by atoms with Gasteiger partial charge in [-0.15, -0.1) is 0 Å². The Morgan fingerprint density at radius 2 is 1.95 bits per heavy atom. The minimum Gasteiger partial charge on any atom is -0.493 e. The summed E-state index contributed by atoms with van der Waals surface area (Å²) < 4.78 is 10.7. The topological polar surface area (TPSA) is 54.9 Å². The quantitative estimate of drug-likeness (QED) is 0.439. The summed E-state index contributed by atoms with van der Waals surface area (Å²) in [5.41, 5.74) is 1.00. The average Bonchev–Trinajstić information content (AvgIpc) is 2.52. The predicted molar refractivity (Wildman–Crippen MR) is 87.3 cm³/mol. The maximum Gasteiger partial charge on any atom is 0.191 e. The van der Waals surface area contributed by atoms with Crippen molar-refractivity contribution in [1.29, 1.82) is 0 Å². The van der Waals surface area contributed by atoms with E-state index in [2.05, 4.69) is 29.5 Å². The van der Waals surface area contributed by atoms with Crippen molar-refractivity contribution < 1.29 is 9.47 Å². The molecule has 0 bridgehead atoms. The molecule has 0 aliphatic rings. The first-order valence-electron chi connectivity index (χ1n) is 7.48. The molecule has 0 fully saturated rings. The van der Waals surface area contributed by atoms with Gasteiger partial charge in [0.25, 0.3) is 0 Å². The van der Waals surface area contributed by atoms with Crippen LogP contribution in [0.3, 0.4) is 0 Å². The third kappa shape index (κ3) is 5.53. The van der Waals surface area contributed by atoms with E-state index in [0.29, 0.717) is 6.54 Å². The van der Waals surface area contributed by atoms with E-state index in [1.165, 1.54) is 0 Å². The lowest BCUT2D eigenvalue weighted by Crippen LogP contribution is -2.37. The van der Waals surface area contributed by atoms with Crippen LogP contribution in [0.2, 0.25) is 0 Å². The summed E-state index contributed by atoms with van der Waals surface area (Å²) in [4.78, 5) is 4.60. The third-order valence-corrected chi connectivity index (χ3v) is 3.06. The van der Waals surface area contributed by atoms with E-state index in [1.807, 2.05) is 18.2 Å². The Hall–Kier alpha value is -1.91. The van der Waals surface area contributed by atoms with E-state index in [1.54, 1.807) is 14.2 Å². The maximum absolute atomic E-state index is 5.42. The zero-order valence-corrected chi connectivity index (χ0v) is 13.5. The van der Waals surface area contributed by atoms with Crippen LogP contribution in [0, 0.1) is 0 Å². The molecule has 0 spiro atoms. The van der Waals surface area contributed by atoms with Crippen LogP contribution in [-0.2, 0) is 6.54 Å². The van der Waals surface area contributed by atoms with Crippen molar-refractivity contribution in [2.75, 3.05) is 27.3 Å². The molecule has 2 N–H and O–H groups in total. The zero-order chi connectivity index (χ0) is 15.5. The Labute approximate surface area is 127 Å². The van der Waals surface area contributed by atoms with Gasteiger partial charge in [0.2, 0.25) is 0 Å². The van der Waals surface area contributed by atoms with Crippen molar-refractivity contribution in [3.8, 4) is 11.5 Å². The second-order valence-corrected chi connectivity index (χ2v) is 4.63. The maximum atomic E-state index is 5.42. The van der Waals surface area contributed by atoms with E-state index in [0.717, 1.165) is 49.0 Å². The number of guanidine groups is 1. The van der Waals surface area contributed by atoms with Gasteiger partial charge in [0.1, 0.15) is 0 Å². The SMILES string of the molecule is CCCCNC(=NCc1cccc(OC)c1OC)NCC. The van der Waals surface area contributed by atoms with Crippen LogP contribution in [0.4, 0.5) is 0 Å². The molecule has 118 valence electrons. The summed E-state index contributed by atoms with van der Waals surface area (Å²) in [5.74, 6) is 2.30. The number of methoxy groups -OCH3 is 2. The van der Waals surface area contributed by atoms with Crippen LogP contribution >= 0.6 is 0 Å². The summed E-state index contributed by atoms with van der Waals surface area (Å²) >= 11 is 0. The number of unbranched alkanes of at least 4 members (excludes halogenated alkanes) is 1. The van der Waals surface area contributed by atoms with Crippen LogP contribution in [0.5, 0.6) is 11.5 Å². The lowest BCUT2D eigenvalue weighted by molar-refractivity contribution is 0.352. The lowest BCUT2D eigenvalue weighted by atomic mass is 10.2. The first-order valence-corrected chi connectivity index (χ1v) is 7.48. The molecule has 0 amide bonds. The number of rotatable bonds is 8. The molecule has 0 heterocycles. The molecular weight excluding hydrogens is 266 g/mol. The Balaban J connectivity index is 2.79. The number of hydrogen-bond acceptors (Lipinski definition) is 3. The molecule has 5 heteroatoms. The van der Waals surface area contributed by atoms with Gasteiger partial charge in [-0.25, -0.2) is 4.99 Å². The van der Waals surface area contributed by atoms with Crippen LogP contribution in [-0.4, -0.2) is 33.3 Å². The van der Waals surface area contributed by atoms with Crippen LogP contribution < -0.4 is 20.1 Å². The highest BCUT2D eigenvalue weighted by atomic mass is 16.5. The lowest BCUT2D eigenvalue weighted by Gasteiger charge is -2.13. The standard InChI is InChI=1S/C16H27N3O2/c1-5-7-11-18-16(17-6-2)19-12-13-9-8-10-14(20-3)15(13)21-4/h8-10H,5-7,11-12H2,1-4H3,(H2,17,18,19). The minimum absolute atomic E-state index is 0.543. The smallest absolute Gasteiger partial charge is 0.191 e. The van der Waals surface area contributed by atoms with E-state index >= 15 is 0 Å². The number of ether oxygens (including phenoxy) is 2. The average molecular weight is 293 g/mol. The fourth-order valence-corrected chi connectivity index (χ4v) is 1.97. The van der Waals surface area contributed by atoms with Gasteiger partial charge in [-0.05, 0) is 19.4 Å². The molecule has 5 nitrogen and oxygen atoms in total. The summed E-state index contributed by atoms with van der Waals surface area (Å²) in [6.07, 6.45) is 2.29. The number of hydrogen-bond donors (Lipinski definition) is 2. The number of benzene rings is 1. The van der Waals surface area contributed by atoms with Crippen LogP contribution in [0.1, 0.15) is 32.3 Å². The number of para-hydroxylation sites is 1. The van der Waals surface area contributed by atoms with Crippen molar-refractivity contribution >= 4 is 5.96 Å². The van der Waals surface area contributed by atoms with E-state index < -0.39 is 0 Å². The fourth-order valence-electron chi connectivity index (χ4n) is 1.97. The van der Waals surface area contributed by atoms with E-state index in [9.17, 15) is 0 Å². The van der Waals surface area contributed by atoms with Gasteiger partial charge >= 0.3 is 0 Å². The second-order valence-electron chi connectivity index (χ2n) is 4.63. The molecule has 1 aromatic carbocycles. The van der Waals surface area contributed by atoms with Gasteiger partial charge in [0.05, 0.1) is 20.8 Å². The van der Waals surface area contributed by atoms with Crippen molar-refractivity contribution in [2.45, 2.75) is 33.2 Å². The number of nitrogens with zero attached hydrogens (tertiary/aromatic N) is 1. The summed E-state index contributed by atoms with van der Waals surface area (Å²) in [6, 6.07) is 5.83. The summed E-state index contributed by atoms with van der Waals surface area (Å²) in [7, 11) is 3.29. The molecule has 0 radical (unpaired) electrons. The van der Waals surface area contributed by atoms with Gasteiger partial charge in [-0.3, -0.25) is 0 Å². The monoisotopic (exact) mass is 293 g/mol. The van der Waals surface area contributed by atoms with Gasteiger partial charge in [-0.2, -0.15) is 0 Å². The fraction of sp³-hybridized carbons (Fsp3) is 0.562. The molecule has 0 aliphatic heterocycles. The Kier molecular flexibility index (Phi) is 8.09. The van der Waals surface area contributed by atoms with E-state index in [-0.39, 0.29) is 0 Å². The molecule has 0 saturated heterocycles. The molecule has 0 saturated carbocycles. The van der Waals surface area contributed by atoms with Gasteiger partial charge in [-0.1, -0.05) is 25.5 Å². The molecule has 0 aromatic heterocycles. The largest absolute Gasteiger partial charge is 0.493 e. The second kappa shape index (κ2) is 9.91. The first-order chi connectivity index (χ1) is 10.3. The molecular formula is C16H27N3O2. The van der Waals surface area contributed by atoms with Crippen LogP contribution in [0.15, 0.2) is 23.2 Å². The molecule has 0 unspecified atom stereocenters. The van der Waals surface area contributed by atoms with Crippen molar-refractivity contribution in [3.63, 3.8) is 0 Å². The van der Waals surface area contributed by atoms with Crippen LogP contribution in [0.25, 0.3) is 0 Å². The van der Waals surface area contributed by atoms with Gasteiger partial charge in [0, 0.05) is 18.7 Å². The molecule has 0 aliphatic carbocycles. The van der Waals surface area contributed by atoms with Gasteiger partial charge in [0.15, 0.2) is 17.5 Å². The van der Waals surface area contributed by atoms with Crippen molar-refractivity contribution in [1.82, 2.24) is 10.6 Å². The highest BCUT2D eigenvalue weighted by Gasteiger charge is 2.09. The van der Waals surface area contributed by atoms with E-state index in [4.69, 9.17) is 9.47 Å². The van der Waals surface area contributed by atoms with Crippen molar-refractivity contribution in [2.24, 2.45) is 4.99 Å². The molecule has 1 rings (SSSR count). The third-order valence-electron chi connectivity index (χ3n) is 3.06. The molecule has 1 aromatic rings. The number of aliphatic imine (C=N–C) groups is 1. The predicted octanol–water partition coefficient (Wildman–Crippen LogP) is 2.56. The molecule has 21 heavy (non-hydrogen) atoms. The highest BCUT2D eigenvalue weighted by molar-refractivity contribution is 5.79.